The number of rotatable bonds is 4. The molecule has 0 saturated heterocycles. The van der Waals surface area contributed by atoms with E-state index in [9.17, 15) is 0 Å². The van der Waals surface area contributed by atoms with Gasteiger partial charge in [-0.05, 0) is 59.3 Å². The first-order chi connectivity index (χ1) is 7.13. The van der Waals surface area contributed by atoms with Crippen LogP contribution < -0.4 is 5.32 Å². The van der Waals surface area contributed by atoms with E-state index in [0.29, 0.717) is 6.04 Å². The van der Waals surface area contributed by atoms with E-state index in [1.54, 1.807) is 0 Å². The van der Waals surface area contributed by atoms with Crippen LogP contribution in [-0.2, 0) is 0 Å². The summed E-state index contributed by atoms with van der Waals surface area (Å²) in [7, 11) is 0. The van der Waals surface area contributed by atoms with Gasteiger partial charge in [0.1, 0.15) is 0 Å². The first-order valence-electron chi connectivity index (χ1n) is 5.62. The van der Waals surface area contributed by atoms with Gasteiger partial charge in [-0.3, -0.25) is 0 Å². The minimum Gasteiger partial charge on any atom is -0.309 e. The quantitative estimate of drug-likeness (QED) is 0.878. The van der Waals surface area contributed by atoms with Crippen molar-refractivity contribution < 1.29 is 0 Å². The van der Waals surface area contributed by atoms with Crippen molar-refractivity contribution >= 4 is 27.3 Å². The van der Waals surface area contributed by atoms with Crippen LogP contribution in [0, 0.1) is 18.8 Å². The average molecular weight is 288 g/mol. The van der Waals surface area contributed by atoms with E-state index >= 15 is 0 Å². The second-order valence-electron chi connectivity index (χ2n) is 4.52. The predicted octanol–water partition coefficient (Wildman–Crippen LogP) is 4.13. The van der Waals surface area contributed by atoms with Gasteiger partial charge in [-0.25, -0.2) is 0 Å². The van der Waals surface area contributed by atoms with Crippen LogP contribution in [0.25, 0.3) is 0 Å². The van der Waals surface area contributed by atoms with E-state index in [2.05, 4.69) is 48.1 Å². The molecule has 1 heterocycles. The number of thiophene rings is 1. The Bertz CT molecular complexity index is 328. The summed E-state index contributed by atoms with van der Waals surface area (Å²) in [5.41, 5.74) is 1.37. The molecule has 0 radical (unpaired) electrons. The Morgan fingerprint density at radius 1 is 1.67 bits per heavy atom. The maximum atomic E-state index is 3.62. The zero-order valence-corrected chi connectivity index (χ0v) is 11.9. The molecule has 3 unspecified atom stereocenters. The molecule has 1 aromatic rings. The standard InChI is InChI=1S/C12H18BrNS/c1-4-14-11(9-5-7(9)2)10-6-8(3)12(13)15-10/h6-7,9,11,14H,4-5H2,1-3H3. The largest absolute Gasteiger partial charge is 0.309 e. The lowest BCUT2D eigenvalue weighted by molar-refractivity contribution is 0.482. The molecule has 0 amide bonds. The smallest absolute Gasteiger partial charge is 0.0731 e. The van der Waals surface area contributed by atoms with Crippen molar-refractivity contribution in [1.82, 2.24) is 5.32 Å². The van der Waals surface area contributed by atoms with Crippen molar-refractivity contribution in [3.05, 3.63) is 20.3 Å². The normalized spacial score (nSPS) is 26.7. The second-order valence-corrected chi connectivity index (χ2v) is 6.92. The summed E-state index contributed by atoms with van der Waals surface area (Å²) in [6.45, 7) is 7.77. The Morgan fingerprint density at radius 2 is 2.33 bits per heavy atom. The molecule has 1 N–H and O–H groups in total. The van der Waals surface area contributed by atoms with Crippen LogP contribution in [-0.4, -0.2) is 6.54 Å². The van der Waals surface area contributed by atoms with E-state index in [4.69, 9.17) is 0 Å². The molecule has 0 spiro atoms. The van der Waals surface area contributed by atoms with Gasteiger partial charge in [-0.15, -0.1) is 11.3 Å². The zero-order valence-electron chi connectivity index (χ0n) is 9.51. The lowest BCUT2D eigenvalue weighted by Crippen LogP contribution is -2.22. The van der Waals surface area contributed by atoms with E-state index in [0.717, 1.165) is 18.4 Å². The third-order valence-electron chi connectivity index (χ3n) is 3.21. The highest BCUT2D eigenvalue weighted by molar-refractivity contribution is 9.11. The minimum absolute atomic E-state index is 0.583. The van der Waals surface area contributed by atoms with Crippen LogP contribution >= 0.6 is 27.3 Å². The molecule has 0 aliphatic heterocycles. The van der Waals surface area contributed by atoms with Gasteiger partial charge in [-0.1, -0.05) is 13.8 Å². The fourth-order valence-electron chi connectivity index (χ4n) is 2.14. The lowest BCUT2D eigenvalue weighted by atomic mass is 10.1. The Labute approximate surface area is 104 Å². The van der Waals surface area contributed by atoms with Gasteiger partial charge in [0, 0.05) is 10.9 Å². The highest BCUT2D eigenvalue weighted by Gasteiger charge is 2.40. The number of aryl methyl sites for hydroxylation is 1. The highest BCUT2D eigenvalue weighted by Crippen LogP contribution is 2.49. The molecular formula is C12H18BrNS. The number of hydrogen-bond acceptors (Lipinski definition) is 2. The molecule has 1 nitrogen and oxygen atoms in total. The Hall–Kier alpha value is 0.140. The van der Waals surface area contributed by atoms with Gasteiger partial charge in [-0.2, -0.15) is 0 Å². The summed E-state index contributed by atoms with van der Waals surface area (Å²) >= 11 is 5.50. The number of halogens is 1. The van der Waals surface area contributed by atoms with Gasteiger partial charge < -0.3 is 5.32 Å². The van der Waals surface area contributed by atoms with E-state index in [-0.39, 0.29) is 0 Å². The molecule has 2 rings (SSSR count). The molecule has 1 aliphatic rings. The second kappa shape index (κ2) is 4.56. The third-order valence-corrected chi connectivity index (χ3v) is 5.43. The van der Waals surface area contributed by atoms with Crippen LogP contribution in [0.1, 0.15) is 36.8 Å². The molecule has 84 valence electrons. The van der Waals surface area contributed by atoms with E-state index < -0.39 is 0 Å². The van der Waals surface area contributed by atoms with Crippen LogP contribution in [0.4, 0.5) is 0 Å². The Kier molecular flexibility index (Phi) is 3.53. The Balaban J connectivity index is 2.16. The van der Waals surface area contributed by atoms with Crippen molar-refractivity contribution in [2.75, 3.05) is 6.54 Å². The van der Waals surface area contributed by atoms with Gasteiger partial charge in [0.2, 0.25) is 0 Å². The van der Waals surface area contributed by atoms with Crippen molar-refractivity contribution in [1.29, 1.82) is 0 Å². The van der Waals surface area contributed by atoms with Gasteiger partial charge in [0.25, 0.3) is 0 Å². The molecule has 0 aromatic carbocycles. The van der Waals surface area contributed by atoms with Gasteiger partial charge >= 0.3 is 0 Å². The summed E-state index contributed by atoms with van der Waals surface area (Å²) in [6, 6.07) is 2.91. The molecular weight excluding hydrogens is 270 g/mol. The van der Waals surface area contributed by atoms with Crippen LogP contribution in [0.15, 0.2) is 9.85 Å². The predicted molar refractivity (Wildman–Crippen MR) is 70.4 cm³/mol. The van der Waals surface area contributed by atoms with E-state index in [1.807, 2.05) is 11.3 Å². The summed E-state index contributed by atoms with van der Waals surface area (Å²) in [4.78, 5) is 1.50. The molecule has 1 aliphatic carbocycles. The molecule has 15 heavy (non-hydrogen) atoms. The summed E-state index contributed by atoms with van der Waals surface area (Å²) in [5, 5.41) is 3.62. The molecule has 1 fully saturated rings. The molecule has 1 aromatic heterocycles. The Morgan fingerprint density at radius 3 is 2.73 bits per heavy atom. The first-order valence-corrected chi connectivity index (χ1v) is 7.23. The summed E-state index contributed by atoms with van der Waals surface area (Å²) in [5.74, 6) is 1.75. The van der Waals surface area contributed by atoms with Crippen LogP contribution in [0.3, 0.4) is 0 Å². The molecule has 1 saturated carbocycles. The monoisotopic (exact) mass is 287 g/mol. The maximum absolute atomic E-state index is 3.62. The van der Waals surface area contributed by atoms with Crippen LogP contribution in [0.5, 0.6) is 0 Å². The van der Waals surface area contributed by atoms with Crippen LogP contribution in [0.2, 0.25) is 0 Å². The average Bonchev–Trinajstić information content (AvgIpc) is 2.81. The van der Waals surface area contributed by atoms with Crippen molar-refractivity contribution in [3.63, 3.8) is 0 Å². The molecule has 3 atom stereocenters. The highest BCUT2D eigenvalue weighted by atomic mass is 79.9. The number of hydrogen-bond donors (Lipinski definition) is 1. The minimum atomic E-state index is 0.583. The SMILES string of the molecule is CCNC(c1cc(C)c(Br)s1)C1CC1C. The topological polar surface area (TPSA) is 12.0 Å². The molecule has 3 heteroatoms. The third kappa shape index (κ3) is 2.45. The zero-order chi connectivity index (χ0) is 11.0. The summed E-state index contributed by atoms with van der Waals surface area (Å²) < 4.78 is 1.29. The number of nitrogens with one attached hydrogen (secondary N) is 1. The summed E-state index contributed by atoms with van der Waals surface area (Å²) in [6.07, 6.45) is 1.38. The fourth-order valence-corrected chi connectivity index (χ4v) is 3.86. The van der Waals surface area contributed by atoms with Gasteiger partial charge in [0.15, 0.2) is 0 Å². The van der Waals surface area contributed by atoms with Gasteiger partial charge in [0.05, 0.1) is 3.79 Å². The molecule has 0 bridgehead atoms. The lowest BCUT2D eigenvalue weighted by Gasteiger charge is -2.15. The maximum Gasteiger partial charge on any atom is 0.0731 e. The first kappa shape index (κ1) is 11.6. The fraction of sp³-hybridized carbons (Fsp3) is 0.667. The van der Waals surface area contributed by atoms with Crippen molar-refractivity contribution in [2.24, 2.45) is 11.8 Å². The van der Waals surface area contributed by atoms with Crippen molar-refractivity contribution in [3.8, 4) is 0 Å². The van der Waals surface area contributed by atoms with E-state index in [1.165, 1.54) is 20.6 Å². The van der Waals surface area contributed by atoms with Crippen molar-refractivity contribution in [2.45, 2.75) is 33.2 Å².